The van der Waals surface area contributed by atoms with Crippen molar-refractivity contribution in [1.29, 1.82) is 0 Å². The highest BCUT2D eigenvalue weighted by molar-refractivity contribution is 6.08. The van der Waals surface area contributed by atoms with Crippen LogP contribution < -0.4 is 20.5 Å². The van der Waals surface area contributed by atoms with Crippen LogP contribution in [-0.2, 0) is 6.54 Å². The topological polar surface area (TPSA) is 79.4 Å². The third kappa shape index (κ3) is 5.15. The zero-order chi connectivity index (χ0) is 27.7. The standard InChI is InChI=1S/C31H35FN4O3/c1-19-17-28(39-4)26(30(37)34-19)18-33-31(38)29-21(3)36(27-8-6-5-7-25(27)29)20(2)22-13-15-35(16-14-22)24-11-9-23(32)10-12-24/h5-12,17,20,22H,13-16,18H2,1-4H3,(H,33,38)(H,34,37)/t20-/m1/s1. The number of pyridine rings is 1. The summed E-state index contributed by atoms with van der Waals surface area (Å²) < 4.78 is 21.0. The Morgan fingerprint density at radius 1 is 1.13 bits per heavy atom. The molecule has 0 unspecified atom stereocenters. The number of hydrogen-bond acceptors (Lipinski definition) is 4. The molecule has 1 saturated heterocycles. The summed E-state index contributed by atoms with van der Waals surface area (Å²) in [7, 11) is 1.52. The molecule has 0 aliphatic carbocycles. The number of aromatic nitrogens is 2. The average molecular weight is 531 g/mol. The third-order valence-electron chi connectivity index (χ3n) is 8.08. The van der Waals surface area contributed by atoms with Crippen molar-refractivity contribution in [2.45, 2.75) is 46.2 Å². The number of aromatic amines is 1. The van der Waals surface area contributed by atoms with Gasteiger partial charge >= 0.3 is 0 Å². The highest BCUT2D eigenvalue weighted by atomic mass is 19.1. The van der Waals surface area contributed by atoms with E-state index in [4.69, 9.17) is 4.74 Å². The number of carbonyl (C=O) groups excluding carboxylic acids is 1. The van der Waals surface area contributed by atoms with Gasteiger partial charge in [0.15, 0.2) is 0 Å². The van der Waals surface area contributed by atoms with Crippen molar-refractivity contribution in [2.75, 3.05) is 25.1 Å². The second-order valence-electron chi connectivity index (χ2n) is 10.4. The van der Waals surface area contributed by atoms with Crippen molar-refractivity contribution < 1.29 is 13.9 Å². The number of nitrogens with zero attached hydrogens (tertiary/aromatic N) is 2. The van der Waals surface area contributed by atoms with E-state index >= 15 is 0 Å². The van der Waals surface area contributed by atoms with Crippen LogP contribution in [0.15, 0.2) is 59.4 Å². The number of methoxy groups -OCH3 is 1. The molecule has 0 spiro atoms. The van der Waals surface area contributed by atoms with Gasteiger partial charge < -0.3 is 24.5 Å². The maximum absolute atomic E-state index is 13.6. The normalized spacial score (nSPS) is 14.9. The third-order valence-corrected chi connectivity index (χ3v) is 8.08. The van der Waals surface area contributed by atoms with Crippen LogP contribution in [0.4, 0.5) is 10.1 Å². The van der Waals surface area contributed by atoms with Crippen LogP contribution in [0.1, 0.15) is 53.1 Å². The zero-order valence-electron chi connectivity index (χ0n) is 22.9. The number of hydrogen-bond donors (Lipinski definition) is 2. The molecule has 1 aliphatic rings. The minimum atomic E-state index is -0.271. The quantitative estimate of drug-likeness (QED) is 0.331. The molecule has 204 valence electrons. The fourth-order valence-corrected chi connectivity index (χ4v) is 6.00. The monoisotopic (exact) mass is 530 g/mol. The van der Waals surface area contributed by atoms with Gasteiger partial charge in [0.25, 0.3) is 11.5 Å². The van der Waals surface area contributed by atoms with E-state index in [1.165, 1.54) is 19.2 Å². The van der Waals surface area contributed by atoms with Crippen LogP contribution in [0.2, 0.25) is 0 Å². The number of fused-ring (bicyclic) bond motifs is 1. The molecule has 0 saturated carbocycles. The Kier molecular flexibility index (Phi) is 7.46. The van der Waals surface area contributed by atoms with Crippen LogP contribution in [0.3, 0.4) is 0 Å². The number of benzene rings is 2. The first-order valence-corrected chi connectivity index (χ1v) is 13.4. The number of ether oxygens (including phenoxy) is 1. The van der Waals surface area contributed by atoms with Gasteiger partial charge in [0.2, 0.25) is 0 Å². The molecule has 2 aromatic heterocycles. The molecule has 0 bridgehead atoms. The second-order valence-corrected chi connectivity index (χ2v) is 10.4. The summed E-state index contributed by atoms with van der Waals surface area (Å²) in [6.07, 6.45) is 2.00. The number of carbonyl (C=O) groups is 1. The van der Waals surface area contributed by atoms with Gasteiger partial charge in [-0.3, -0.25) is 9.59 Å². The summed E-state index contributed by atoms with van der Waals surface area (Å²) in [6.45, 7) is 7.89. The first-order valence-electron chi connectivity index (χ1n) is 13.4. The van der Waals surface area contributed by atoms with Crippen molar-refractivity contribution in [3.8, 4) is 5.75 Å². The molecule has 7 nitrogen and oxygen atoms in total. The molecule has 4 aromatic rings. The molecule has 5 rings (SSSR count). The predicted molar refractivity (Wildman–Crippen MR) is 152 cm³/mol. The number of piperidine rings is 1. The first kappa shape index (κ1) is 26.5. The van der Waals surface area contributed by atoms with Gasteiger partial charge in [0.1, 0.15) is 11.6 Å². The number of aryl methyl sites for hydroxylation is 1. The maximum Gasteiger partial charge on any atom is 0.256 e. The minimum Gasteiger partial charge on any atom is -0.496 e. The molecular weight excluding hydrogens is 495 g/mol. The Morgan fingerprint density at radius 3 is 2.51 bits per heavy atom. The number of H-pyrrole nitrogens is 1. The SMILES string of the molecule is COc1cc(C)[nH]c(=O)c1CNC(=O)c1c(C)n([C@H](C)C2CCN(c3ccc(F)cc3)CC2)c2ccccc12. The van der Waals surface area contributed by atoms with Gasteiger partial charge in [-0.25, -0.2) is 4.39 Å². The van der Waals surface area contributed by atoms with E-state index in [1.807, 2.05) is 37.3 Å². The highest BCUT2D eigenvalue weighted by Crippen LogP contribution is 2.36. The van der Waals surface area contributed by atoms with Crippen molar-refractivity contribution in [2.24, 2.45) is 5.92 Å². The summed E-state index contributed by atoms with van der Waals surface area (Å²) in [4.78, 5) is 31.2. The number of anilines is 1. The Bertz CT molecular complexity index is 1550. The van der Waals surface area contributed by atoms with E-state index in [2.05, 4.69) is 32.8 Å². The summed E-state index contributed by atoms with van der Waals surface area (Å²) in [5.41, 5.74) is 4.43. The van der Waals surface area contributed by atoms with Gasteiger partial charge in [0.05, 0.1) is 24.8 Å². The van der Waals surface area contributed by atoms with Crippen LogP contribution >= 0.6 is 0 Å². The molecule has 39 heavy (non-hydrogen) atoms. The van der Waals surface area contributed by atoms with Gasteiger partial charge in [-0.1, -0.05) is 18.2 Å². The lowest BCUT2D eigenvalue weighted by atomic mass is 9.89. The lowest BCUT2D eigenvalue weighted by Crippen LogP contribution is -2.36. The Labute approximate surface area is 227 Å². The molecular formula is C31H35FN4O3. The van der Waals surface area contributed by atoms with Gasteiger partial charge in [-0.2, -0.15) is 0 Å². The van der Waals surface area contributed by atoms with Crippen molar-refractivity contribution in [1.82, 2.24) is 14.9 Å². The summed E-state index contributed by atoms with van der Waals surface area (Å²) in [6, 6.07) is 16.6. The second kappa shape index (κ2) is 11.0. The predicted octanol–water partition coefficient (Wildman–Crippen LogP) is 5.50. The van der Waals surface area contributed by atoms with Crippen LogP contribution in [0.5, 0.6) is 5.75 Å². The number of nitrogens with one attached hydrogen (secondary N) is 2. The molecule has 2 N–H and O–H groups in total. The van der Waals surface area contributed by atoms with Gasteiger partial charge in [-0.05, 0) is 75.9 Å². The summed E-state index contributed by atoms with van der Waals surface area (Å²) in [5, 5.41) is 3.85. The molecule has 1 atom stereocenters. The molecule has 1 fully saturated rings. The molecule has 2 aromatic carbocycles. The van der Waals surface area contributed by atoms with E-state index < -0.39 is 0 Å². The smallest absolute Gasteiger partial charge is 0.256 e. The highest BCUT2D eigenvalue weighted by Gasteiger charge is 2.29. The lowest BCUT2D eigenvalue weighted by molar-refractivity contribution is 0.0951. The maximum atomic E-state index is 13.6. The Balaban J connectivity index is 1.37. The number of halogens is 1. The molecule has 1 amide bonds. The fraction of sp³-hybridized carbons (Fsp3) is 0.355. The number of para-hydroxylation sites is 1. The number of amides is 1. The Morgan fingerprint density at radius 2 is 1.82 bits per heavy atom. The molecule has 3 heterocycles. The zero-order valence-corrected chi connectivity index (χ0v) is 22.9. The van der Waals surface area contributed by atoms with Crippen molar-refractivity contribution in [3.05, 3.63) is 93.3 Å². The fourth-order valence-electron chi connectivity index (χ4n) is 6.00. The van der Waals surface area contributed by atoms with E-state index in [1.54, 1.807) is 13.0 Å². The van der Waals surface area contributed by atoms with Gasteiger partial charge in [0, 0.05) is 47.1 Å². The van der Waals surface area contributed by atoms with E-state index in [0.29, 0.717) is 28.5 Å². The lowest BCUT2D eigenvalue weighted by Gasteiger charge is -2.37. The first-order chi connectivity index (χ1) is 18.8. The molecule has 8 heteroatoms. The summed E-state index contributed by atoms with van der Waals surface area (Å²) in [5.74, 6) is 0.448. The number of rotatable bonds is 7. The van der Waals surface area contributed by atoms with Crippen LogP contribution in [-0.4, -0.2) is 35.7 Å². The van der Waals surface area contributed by atoms with Crippen molar-refractivity contribution >= 4 is 22.5 Å². The largest absolute Gasteiger partial charge is 0.496 e. The Hall–Kier alpha value is -4.07. The van der Waals surface area contributed by atoms with Crippen LogP contribution in [0.25, 0.3) is 10.9 Å². The minimum absolute atomic E-state index is 0.0635. The summed E-state index contributed by atoms with van der Waals surface area (Å²) >= 11 is 0. The molecule has 1 aliphatic heterocycles. The van der Waals surface area contributed by atoms with Crippen LogP contribution in [0, 0.1) is 25.6 Å². The van der Waals surface area contributed by atoms with E-state index in [-0.39, 0.29) is 29.9 Å². The van der Waals surface area contributed by atoms with E-state index in [0.717, 1.165) is 48.2 Å². The van der Waals surface area contributed by atoms with Crippen molar-refractivity contribution in [3.63, 3.8) is 0 Å². The van der Waals surface area contributed by atoms with E-state index in [9.17, 15) is 14.0 Å². The average Bonchev–Trinajstić information content (AvgIpc) is 3.23. The van der Waals surface area contributed by atoms with Gasteiger partial charge in [-0.15, -0.1) is 0 Å². The molecule has 0 radical (unpaired) electrons.